The Morgan fingerprint density at radius 1 is 1.03 bits per heavy atom. The summed E-state index contributed by atoms with van der Waals surface area (Å²) in [6, 6.07) is 9.86. The van der Waals surface area contributed by atoms with Crippen molar-refractivity contribution in [2.24, 2.45) is 0 Å². The number of carbonyl (C=O) groups excluding carboxylic acids is 1. The summed E-state index contributed by atoms with van der Waals surface area (Å²) < 4.78 is 16.6. The number of amides is 1. The van der Waals surface area contributed by atoms with Crippen molar-refractivity contribution in [2.45, 2.75) is 31.5 Å². The zero-order valence-electron chi connectivity index (χ0n) is 18.8. The first kappa shape index (κ1) is 22.2. The molecule has 0 aliphatic carbocycles. The second-order valence-electron chi connectivity index (χ2n) is 8.17. The normalized spacial score (nSPS) is 20.3. The summed E-state index contributed by atoms with van der Waals surface area (Å²) >= 11 is 0. The maximum atomic E-state index is 11.2. The van der Waals surface area contributed by atoms with Crippen LogP contribution in [0.15, 0.2) is 36.4 Å². The van der Waals surface area contributed by atoms with Crippen LogP contribution in [0.3, 0.4) is 0 Å². The molecule has 32 heavy (non-hydrogen) atoms. The van der Waals surface area contributed by atoms with Crippen LogP contribution in [0.4, 0.5) is 0 Å². The van der Waals surface area contributed by atoms with Gasteiger partial charge >= 0.3 is 0 Å². The topological polar surface area (TPSA) is 80.3 Å². The van der Waals surface area contributed by atoms with Gasteiger partial charge in [0.25, 0.3) is 0 Å². The second kappa shape index (κ2) is 9.22. The number of ether oxygens (including phenoxy) is 3. The van der Waals surface area contributed by atoms with Gasteiger partial charge in [-0.2, -0.15) is 0 Å². The number of aliphatic hydroxyl groups is 1. The van der Waals surface area contributed by atoms with E-state index in [0.717, 1.165) is 60.2 Å². The highest BCUT2D eigenvalue weighted by atomic mass is 16.5. The maximum Gasteiger partial charge on any atom is 0.207 e. The predicted octanol–water partition coefficient (Wildman–Crippen LogP) is 3.20. The molecule has 2 aliphatic rings. The van der Waals surface area contributed by atoms with E-state index in [4.69, 9.17) is 14.2 Å². The minimum Gasteiger partial charge on any atom is -0.496 e. The summed E-state index contributed by atoms with van der Waals surface area (Å²) in [6.07, 6.45) is 5.24. The van der Waals surface area contributed by atoms with Gasteiger partial charge in [0, 0.05) is 25.2 Å². The van der Waals surface area contributed by atoms with Gasteiger partial charge in [-0.25, -0.2) is 0 Å². The molecule has 1 saturated heterocycles. The zero-order valence-corrected chi connectivity index (χ0v) is 18.8. The van der Waals surface area contributed by atoms with E-state index in [9.17, 15) is 9.90 Å². The molecule has 7 heteroatoms. The number of methoxy groups -OCH3 is 3. The number of rotatable bonds is 8. The Kier molecular flexibility index (Phi) is 6.39. The molecule has 2 aliphatic heterocycles. The molecule has 2 aromatic rings. The van der Waals surface area contributed by atoms with Crippen molar-refractivity contribution in [1.29, 1.82) is 0 Å². The first-order chi connectivity index (χ1) is 15.5. The minimum atomic E-state index is -0.899. The number of hydrogen-bond acceptors (Lipinski definition) is 6. The Labute approximate surface area is 188 Å². The van der Waals surface area contributed by atoms with E-state index in [1.54, 1.807) is 21.3 Å². The molecule has 4 rings (SSSR count). The van der Waals surface area contributed by atoms with Crippen molar-refractivity contribution < 1.29 is 24.1 Å². The van der Waals surface area contributed by atoms with Gasteiger partial charge in [-0.15, -0.1) is 0 Å². The molecule has 1 atom stereocenters. The van der Waals surface area contributed by atoms with Crippen molar-refractivity contribution in [3.8, 4) is 28.4 Å². The molecule has 7 nitrogen and oxygen atoms in total. The molecular formula is C25H30N2O5. The molecule has 2 N–H and O–H groups in total. The summed E-state index contributed by atoms with van der Waals surface area (Å²) in [5.74, 6) is 1.98. The van der Waals surface area contributed by atoms with Gasteiger partial charge in [0.1, 0.15) is 11.5 Å². The van der Waals surface area contributed by atoms with Gasteiger partial charge in [-0.1, -0.05) is 6.07 Å². The fourth-order valence-electron chi connectivity index (χ4n) is 4.78. The van der Waals surface area contributed by atoms with Crippen LogP contribution in [0.5, 0.6) is 17.2 Å². The molecule has 2 heterocycles. The standard InChI is InChI=1S/C25H30N2O5/c1-30-22-6-5-17(12-24(22)32-3)21-13-23(31-2)19(15-26-16-28)11-20(21)18-7-10-27-9-4-8-25(27,29)14-18/h5-6,11-14,16,29H,4,7-10,15H2,1-3H3,(H,26,28). The Hall–Kier alpha value is -3.03. The highest BCUT2D eigenvalue weighted by molar-refractivity contribution is 5.84. The Morgan fingerprint density at radius 3 is 2.53 bits per heavy atom. The average molecular weight is 439 g/mol. The molecule has 0 radical (unpaired) electrons. The molecule has 2 aromatic carbocycles. The number of benzene rings is 2. The van der Waals surface area contributed by atoms with Crippen molar-refractivity contribution in [1.82, 2.24) is 10.2 Å². The predicted molar refractivity (Wildman–Crippen MR) is 123 cm³/mol. The Balaban J connectivity index is 1.89. The highest BCUT2D eigenvalue weighted by Gasteiger charge is 2.40. The molecule has 1 fully saturated rings. The summed E-state index contributed by atoms with van der Waals surface area (Å²) in [6.45, 7) is 2.08. The lowest BCUT2D eigenvalue weighted by Gasteiger charge is -2.36. The van der Waals surface area contributed by atoms with Crippen molar-refractivity contribution in [2.75, 3.05) is 34.4 Å². The summed E-state index contributed by atoms with van der Waals surface area (Å²) in [7, 11) is 4.85. The molecule has 0 spiro atoms. The second-order valence-corrected chi connectivity index (χ2v) is 8.17. The van der Waals surface area contributed by atoms with Gasteiger partial charge < -0.3 is 24.6 Å². The molecular weight excluding hydrogens is 408 g/mol. The summed E-state index contributed by atoms with van der Waals surface area (Å²) in [5.41, 5.74) is 4.00. The monoisotopic (exact) mass is 438 g/mol. The minimum absolute atomic E-state index is 0.357. The van der Waals surface area contributed by atoms with Crippen LogP contribution in [0, 0.1) is 0 Å². The highest BCUT2D eigenvalue weighted by Crippen LogP contribution is 2.43. The molecule has 0 aromatic heterocycles. The molecule has 170 valence electrons. The largest absolute Gasteiger partial charge is 0.496 e. The van der Waals surface area contributed by atoms with Gasteiger partial charge in [-0.05, 0) is 71.9 Å². The van der Waals surface area contributed by atoms with E-state index in [1.807, 2.05) is 30.3 Å². The lowest BCUT2D eigenvalue weighted by atomic mass is 9.87. The molecule has 1 amide bonds. The molecule has 0 saturated carbocycles. The van der Waals surface area contributed by atoms with Crippen molar-refractivity contribution >= 4 is 12.0 Å². The number of fused-ring (bicyclic) bond motifs is 1. The van der Waals surface area contributed by atoms with Crippen LogP contribution in [0.2, 0.25) is 0 Å². The van der Waals surface area contributed by atoms with Gasteiger partial charge in [0.05, 0.1) is 21.3 Å². The van der Waals surface area contributed by atoms with Crippen LogP contribution in [-0.4, -0.2) is 56.6 Å². The SMILES string of the molecule is COc1cc(-c2ccc(OC)c(OC)c2)c(C2=CC3(O)CCCN3CC2)cc1CNC=O. The average Bonchev–Trinajstić information content (AvgIpc) is 3.22. The zero-order chi connectivity index (χ0) is 22.7. The smallest absolute Gasteiger partial charge is 0.207 e. The summed E-state index contributed by atoms with van der Waals surface area (Å²) in [4.78, 5) is 13.1. The van der Waals surface area contributed by atoms with Crippen LogP contribution in [0.25, 0.3) is 16.7 Å². The van der Waals surface area contributed by atoms with Gasteiger partial charge in [0.15, 0.2) is 11.5 Å². The van der Waals surface area contributed by atoms with Crippen LogP contribution in [0.1, 0.15) is 30.4 Å². The third kappa shape index (κ3) is 4.06. The molecule has 1 unspecified atom stereocenters. The van der Waals surface area contributed by atoms with E-state index >= 15 is 0 Å². The van der Waals surface area contributed by atoms with Crippen LogP contribution >= 0.6 is 0 Å². The van der Waals surface area contributed by atoms with Crippen LogP contribution in [-0.2, 0) is 11.3 Å². The third-order valence-corrected chi connectivity index (χ3v) is 6.41. The molecule has 0 bridgehead atoms. The lowest BCUT2D eigenvalue weighted by Crippen LogP contribution is -2.45. The quantitative estimate of drug-likeness (QED) is 0.616. The number of hydrogen-bond donors (Lipinski definition) is 2. The van der Waals surface area contributed by atoms with E-state index in [0.29, 0.717) is 30.2 Å². The third-order valence-electron chi connectivity index (χ3n) is 6.41. The van der Waals surface area contributed by atoms with Gasteiger partial charge in [0.2, 0.25) is 6.41 Å². The maximum absolute atomic E-state index is 11.2. The van der Waals surface area contributed by atoms with Crippen LogP contribution < -0.4 is 19.5 Å². The van der Waals surface area contributed by atoms with E-state index in [1.165, 1.54) is 0 Å². The van der Waals surface area contributed by atoms with E-state index in [2.05, 4.69) is 16.3 Å². The lowest BCUT2D eigenvalue weighted by molar-refractivity contribution is -0.109. The number of nitrogens with zero attached hydrogens (tertiary/aromatic N) is 1. The van der Waals surface area contributed by atoms with Crippen molar-refractivity contribution in [3.05, 3.63) is 47.5 Å². The Morgan fingerprint density at radius 2 is 1.81 bits per heavy atom. The number of carbonyl (C=O) groups is 1. The Bertz CT molecular complexity index is 1040. The number of nitrogens with one attached hydrogen (secondary N) is 1. The van der Waals surface area contributed by atoms with E-state index in [-0.39, 0.29) is 0 Å². The van der Waals surface area contributed by atoms with E-state index < -0.39 is 5.72 Å². The summed E-state index contributed by atoms with van der Waals surface area (Å²) in [5, 5.41) is 13.9. The van der Waals surface area contributed by atoms with Gasteiger partial charge in [-0.3, -0.25) is 9.69 Å². The fourth-order valence-corrected chi connectivity index (χ4v) is 4.78. The first-order valence-corrected chi connectivity index (χ1v) is 10.8. The van der Waals surface area contributed by atoms with Crippen molar-refractivity contribution in [3.63, 3.8) is 0 Å². The first-order valence-electron chi connectivity index (χ1n) is 10.8. The fraction of sp³-hybridized carbons (Fsp3) is 0.400.